The summed E-state index contributed by atoms with van der Waals surface area (Å²) in [6.07, 6.45) is 1.47. The first-order valence-corrected chi connectivity index (χ1v) is 7.48. The van der Waals surface area contributed by atoms with E-state index in [-0.39, 0.29) is 5.91 Å². The fourth-order valence-corrected chi connectivity index (χ4v) is 1.82. The Morgan fingerprint density at radius 1 is 1.38 bits per heavy atom. The van der Waals surface area contributed by atoms with Gasteiger partial charge in [-0.15, -0.1) is 0 Å². The van der Waals surface area contributed by atoms with Gasteiger partial charge in [-0.2, -0.15) is 0 Å². The molecule has 0 saturated heterocycles. The van der Waals surface area contributed by atoms with Crippen LogP contribution in [0.25, 0.3) is 0 Å². The van der Waals surface area contributed by atoms with E-state index in [0.717, 1.165) is 18.7 Å². The zero-order valence-corrected chi connectivity index (χ0v) is 13.3. The second kappa shape index (κ2) is 9.23. The highest BCUT2D eigenvalue weighted by Crippen LogP contribution is 2.12. The summed E-state index contributed by atoms with van der Waals surface area (Å²) in [6.45, 7) is 6.24. The van der Waals surface area contributed by atoms with Gasteiger partial charge in [0.05, 0.1) is 13.0 Å². The first kappa shape index (κ1) is 17.3. The van der Waals surface area contributed by atoms with E-state index in [2.05, 4.69) is 31.1 Å². The van der Waals surface area contributed by atoms with Crippen LogP contribution in [0.1, 0.15) is 26.7 Å². The summed E-state index contributed by atoms with van der Waals surface area (Å²) in [5.74, 6) is 0.747. The van der Waals surface area contributed by atoms with Crippen LogP contribution in [0.3, 0.4) is 0 Å². The molecule has 1 rings (SSSR count). The molecule has 3 N–H and O–H groups in total. The Morgan fingerprint density at radius 2 is 2.05 bits per heavy atom. The van der Waals surface area contributed by atoms with E-state index in [0.29, 0.717) is 31.3 Å². The number of amides is 1. The van der Waals surface area contributed by atoms with Gasteiger partial charge in [0.25, 0.3) is 0 Å². The van der Waals surface area contributed by atoms with Crippen molar-refractivity contribution in [1.29, 1.82) is 0 Å². The summed E-state index contributed by atoms with van der Waals surface area (Å²) >= 11 is 0. The summed E-state index contributed by atoms with van der Waals surface area (Å²) in [5.41, 5.74) is 6.29. The van der Waals surface area contributed by atoms with E-state index in [1.54, 1.807) is 24.3 Å². The smallest absolute Gasteiger partial charge is 0.223 e. The molecule has 118 valence electrons. The molecule has 0 radical (unpaired) electrons. The van der Waals surface area contributed by atoms with Crippen molar-refractivity contribution in [3.63, 3.8) is 0 Å². The minimum Gasteiger partial charge on any atom is -0.493 e. The Hall–Kier alpha value is -1.75. The highest BCUT2D eigenvalue weighted by Gasteiger charge is 2.07. The molecule has 0 aliphatic rings. The van der Waals surface area contributed by atoms with E-state index in [1.807, 2.05) is 0 Å². The number of nitrogens with one attached hydrogen (secondary N) is 1. The van der Waals surface area contributed by atoms with Crippen LogP contribution in [0, 0.1) is 0 Å². The Labute approximate surface area is 127 Å². The average Bonchev–Trinajstić information content (AvgIpc) is 2.48. The van der Waals surface area contributed by atoms with Gasteiger partial charge in [0.1, 0.15) is 5.75 Å². The third-order valence-electron chi connectivity index (χ3n) is 3.61. The third kappa shape index (κ3) is 6.99. The van der Waals surface area contributed by atoms with Crippen molar-refractivity contribution in [1.82, 2.24) is 10.2 Å². The number of nitrogens with two attached hydrogens (primary N) is 1. The molecule has 5 heteroatoms. The Morgan fingerprint density at radius 3 is 2.67 bits per heavy atom. The largest absolute Gasteiger partial charge is 0.493 e. The van der Waals surface area contributed by atoms with Crippen molar-refractivity contribution >= 4 is 11.6 Å². The fraction of sp³-hybridized carbons (Fsp3) is 0.562. The summed E-state index contributed by atoms with van der Waals surface area (Å²) in [6, 6.07) is 7.69. The molecule has 0 heterocycles. The van der Waals surface area contributed by atoms with Crippen molar-refractivity contribution in [2.75, 3.05) is 32.5 Å². The Kier molecular flexibility index (Phi) is 7.61. The van der Waals surface area contributed by atoms with Gasteiger partial charge in [-0.25, -0.2) is 0 Å². The predicted molar refractivity (Wildman–Crippen MR) is 86.4 cm³/mol. The molecule has 1 aromatic carbocycles. The lowest BCUT2D eigenvalue weighted by Crippen LogP contribution is -2.37. The quantitative estimate of drug-likeness (QED) is 0.682. The standard InChI is InChI=1S/C16H27N3O2/c1-4-13(2)19(3)11-10-18-16(20)9-12-21-15-7-5-14(17)6-8-15/h5-8,13H,4,9-12,17H2,1-3H3,(H,18,20). The number of nitrogens with zero attached hydrogens (tertiary/aromatic N) is 1. The molecular weight excluding hydrogens is 266 g/mol. The van der Waals surface area contributed by atoms with E-state index < -0.39 is 0 Å². The number of likely N-dealkylation sites (N-methyl/N-ethyl adjacent to an activating group) is 1. The van der Waals surface area contributed by atoms with Crippen LogP contribution in [0.5, 0.6) is 5.75 Å². The van der Waals surface area contributed by atoms with E-state index in [9.17, 15) is 4.79 Å². The second-order valence-corrected chi connectivity index (χ2v) is 5.26. The molecule has 0 spiro atoms. The van der Waals surface area contributed by atoms with E-state index >= 15 is 0 Å². The first-order chi connectivity index (χ1) is 10.0. The molecule has 1 amide bonds. The molecule has 5 nitrogen and oxygen atoms in total. The van der Waals surface area contributed by atoms with Gasteiger partial charge in [-0.3, -0.25) is 4.79 Å². The number of rotatable bonds is 9. The Bertz CT molecular complexity index is 420. The van der Waals surface area contributed by atoms with Crippen LogP contribution in [0.4, 0.5) is 5.69 Å². The topological polar surface area (TPSA) is 67.6 Å². The van der Waals surface area contributed by atoms with Gasteiger partial charge < -0.3 is 20.7 Å². The molecule has 0 aromatic heterocycles. The van der Waals surface area contributed by atoms with Gasteiger partial charge in [-0.05, 0) is 44.7 Å². The maximum atomic E-state index is 11.7. The number of nitrogen functional groups attached to an aromatic ring is 1. The van der Waals surface area contributed by atoms with Crippen molar-refractivity contribution in [3.05, 3.63) is 24.3 Å². The second-order valence-electron chi connectivity index (χ2n) is 5.26. The Balaban J connectivity index is 2.12. The summed E-state index contributed by atoms with van der Waals surface area (Å²) in [7, 11) is 2.07. The van der Waals surface area contributed by atoms with E-state index in [1.165, 1.54) is 0 Å². The molecular formula is C16H27N3O2. The number of hydrogen-bond donors (Lipinski definition) is 2. The predicted octanol–water partition coefficient (Wildman–Crippen LogP) is 1.88. The molecule has 1 atom stereocenters. The zero-order valence-electron chi connectivity index (χ0n) is 13.3. The number of benzene rings is 1. The van der Waals surface area contributed by atoms with Crippen molar-refractivity contribution in [3.8, 4) is 5.75 Å². The first-order valence-electron chi connectivity index (χ1n) is 7.48. The lowest BCUT2D eigenvalue weighted by molar-refractivity contribution is -0.121. The molecule has 0 fully saturated rings. The van der Waals surface area contributed by atoms with Gasteiger partial charge in [0, 0.05) is 24.8 Å². The van der Waals surface area contributed by atoms with Crippen LogP contribution in [0.15, 0.2) is 24.3 Å². The van der Waals surface area contributed by atoms with Gasteiger partial charge in [0.2, 0.25) is 5.91 Å². The molecule has 21 heavy (non-hydrogen) atoms. The lowest BCUT2D eigenvalue weighted by Gasteiger charge is -2.23. The number of carbonyl (C=O) groups excluding carboxylic acids is 1. The molecule has 0 bridgehead atoms. The highest BCUT2D eigenvalue weighted by molar-refractivity contribution is 5.75. The molecule has 0 saturated carbocycles. The van der Waals surface area contributed by atoms with Crippen molar-refractivity contribution in [2.45, 2.75) is 32.7 Å². The zero-order chi connectivity index (χ0) is 15.7. The molecule has 1 unspecified atom stereocenters. The number of anilines is 1. The van der Waals surface area contributed by atoms with Gasteiger partial charge in [-0.1, -0.05) is 6.92 Å². The van der Waals surface area contributed by atoms with E-state index in [4.69, 9.17) is 10.5 Å². The van der Waals surface area contributed by atoms with Gasteiger partial charge in [0.15, 0.2) is 0 Å². The maximum absolute atomic E-state index is 11.7. The number of ether oxygens (including phenoxy) is 1. The summed E-state index contributed by atoms with van der Waals surface area (Å²) in [5, 5.41) is 2.91. The lowest BCUT2D eigenvalue weighted by atomic mass is 10.2. The van der Waals surface area contributed by atoms with Crippen LogP contribution >= 0.6 is 0 Å². The van der Waals surface area contributed by atoms with Crippen LogP contribution < -0.4 is 15.8 Å². The summed E-state index contributed by atoms with van der Waals surface area (Å²) in [4.78, 5) is 13.9. The van der Waals surface area contributed by atoms with Crippen LogP contribution in [-0.4, -0.2) is 43.6 Å². The fourth-order valence-electron chi connectivity index (χ4n) is 1.82. The SMILES string of the molecule is CCC(C)N(C)CCNC(=O)CCOc1ccc(N)cc1. The number of carbonyl (C=O) groups is 1. The minimum atomic E-state index is 0.0167. The average molecular weight is 293 g/mol. The summed E-state index contributed by atoms with van der Waals surface area (Å²) < 4.78 is 5.49. The molecule has 1 aromatic rings. The minimum absolute atomic E-state index is 0.0167. The maximum Gasteiger partial charge on any atom is 0.223 e. The van der Waals surface area contributed by atoms with Crippen molar-refractivity contribution < 1.29 is 9.53 Å². The molecule has 0 aliphatic carbocycles. The van der Waals surface area contributed by atoms with Gasteiger partial charge >= 0.3 is 0 Å². The highest BCUT2D eigenvalue weighted by atomic mass is 16.5. The number of hydrogen-bond acceptors (Lipinski definition) is 4. The van der Waals surface area contributed by atoms with Crippen LogP contribution in [-0.2, 0) is 4.79 Å². The molecule has 0 aliphatic heterocycles. The third-order valence-corrected chi connectivity index (χ3v) is 3.61. The van der Waals surface area contributed by atoms with Crippen molar-refractivity contribution in [2.24, 2.45) is 0 Å². The monoisotopic (exact) mass is 293 g/mol. The normalized spacial score (nSPS) is 12.2. The van der Waals surface area contributed by atoms with Crippen LogP contribution in [0.2, 0.25) is 0 Å².